The zero-order chi connectivity index (χ0) is 22.9. The van der Waals surface area contributed by atoms with E-state index in [0.717, 1.165) is 47.1 Å². The van der Waals surface area contributed by atoms with Crippen molar-refractivity contribution in [2.24, 2.45) is 5.92 Å². The molecule has 2 aliphatic carbocycles. The molecule has 0 unspecified atom stereocenters. The minimum Gasteiger partial charge on any atom is -0.480 e. The van der Waals surface area contributed by atoms with Crippen molar-refractivity contribution in [1.82, 2.24) is 9.47 Å². The summed E-state index contributed by atoms with van der Waals surface area (Å²) >= 11 is 0. The van der Waals surface area contributed by atoms with Gasteiger partial charge in [0.05, 0.1) is 0 Å². The SMILES string of the molecule is O=C(O)Cn1c2c(c3cc(F)ccc31)C[C@@H](N(CC1CC1)C(=O)CCc1ccccc1)CC2. The molecule has 1 saturated carbocycles. The van der Waals surface area contributed by atoms with Gasteiger partial charge in [-0.05, 0) is 73.8 Å². The van der Waals surface area contributed by atoms with E-state index < -0.39 is 5.97 Å². The number of aryl methyl sites for hydroxylation is 1. The third-order valence-electron chi connectivity index (χ3n) is 7.08. The highest BCUT2D eigenvalue weighted by Crippen LogP contribution is 2.37. The quantitative estimate of drug-likeness (QED) is 0.548. The molecule has 1 aromatic heterocycles. The van der Waals surface area contributed by atoms with Gasteiger partial charge in [-0.2, -0.15) is 0 Å². The number of hydrogen-bond acceptors (Lipinski definition) is 2. The molecule has 0 bridgehead atoms. The second-order valence-electron chi connectivity index (χ2n) is 9.44. The van der Waals surface area contributed by atoms with E-state index in [2.05, 4.69) is 17.0 Å². The predicted octanol–water partition coefficient (Wildman–Crippen LogP) is 4.59. The van der Waals surface area contributed by atoms with Crippen LogP contribution in [0, 0.1) is 11.7 Å². The summed E-state index contributed by atoms with van der Waals surface area (Å²) in [7, 11) is 0. The standard InChI is InChI=1S/C27H29FN2O3/c28-20-9-11-24-22(14-20)23-15-21(10-12-25(23)30(24)17-27(32)33)29(16-19-6-7-19)26(31)13-8-18-4-2-1-3-5-18/h1-5,9,11,14,19,21H,6-8,10,12-13,15-17H2,(H,32,33)/t21-/m0/s1. The molecular formula is C27H29FN2O3. The summed E-state index contributed by atoms with van der Waals surface area (Å²) < 4.78 is 15.9. The Hall–Kier alpha value is -3.15. The van der Waals surface area contributed by atoms with Crippen LogP contribution in [0.4, 0.5) is 4.39 Å². The van der Waals surface area contributed by atoms with E-state index >= 15 is 0 Å². The van der Waals surface area contributed by atoms with Crippen LogP contribution in [0.15, 0.2) is 48.5 Å². The van der Waals surface area contributed by atoms with E-state index in [1.54, 1.807) is 6.07 Å². The van der Waals surface area contributed by atoms with Gasteiger partial charge in [0.2, 0.25) is 5.91 Å². The summed E-state index contributed by atoms with van der Waals surface area (Å²) in [6.07, 6.45) is 5.68. The fourth-order valence-corrected chi connectivity index (χ4v) is 5.26. The first-order chi connectivity index (χ1) is 16.0. The van der Waals surface area contributed by atoms with Crippen molar-refractivity contribution in [2.75, 3.05) is 6.54 Å². The second kappa shape index (κ2) is 9.00. The van der Waals surface area contributed by atoms with Crippen LogP contribution in [0.25, 0.3) is 10.9 Å². The lowest BCUT2D eigenvalue weighted by molar-refractivity contribution is -0.137. The van der Waals surface area contributed by atoms with Crippen molar-refractivity contribution >= 4 is 22.8 Å². The maximum Gasteiger partial charge on any atom is 0.323 e. The van der Waals surface area contributed by atoms with Gasteiger partial charge in [-0.1, -0.05) is 30.3 Å². The Balaban J connectivity index is 1.41. The number of rotatable bonds is 8. The molecule has 0 radical (unpaired) electrons. The van der Waals surface area contributed by atoms with Crippen LogP contribution in [0.5, 0.6) is 0 Å². The maximum atomic E-state index is 14.1. The molecule has 172 valence electrons. The third kappa shape index (κ3) is 4.65. The molecule has 1 fully saturated rings. The number of nitrogens with zero attached hydrogens (tertiary/aromatic N) is 2. The number of fused-ring (bicyclic) bond motifs is 3. The summed E-state index contributed by atoms with van der Waals surface area (Å²) in [6, 6.07) is 14.7. The van der Waals surface area contributed by atoms with Gasteiger partial charge in [0.1, 0.15) is 12.4 Å². The number of aromatic nitrogens is 1. The van der Waals surface area contributed by atoms with Crippen LogP contribution < -0.4 is 0 Å². The molecule has 0 aliphatic heterocycles. The largest absolute Gasteiger partial charge is 0.480 e. The van der Waals surface area contributed by atoms with Crippen LogP contribution in [-0.4, -0.2) is 39.0 Å². The molecule has 2 aliphatic rings. The first kappa shape index (κ1) is 21.7. The van der Waals surface area contributed by atoms with Gasteiger partial charge in [0, 0.05) is 35.6 Å². The number of carboxylic acid groups (broad SMARTS) is 1. The Morgan fingerprint density at radius 1 is 1.09 bits per heavy atom. The number of carboxylic acids is 1. The van der Waals surface area contributed by atoms with Gasteiger partial charge in [-0.15, -0.1) is 0 Å². The Labute approximate surface area is 192 Å². The van der Waals surface area contributed by atoms with Crippen molar-refractivity contribution in [3.8, 4) is 0 Å². The highest BCUT2D eigenvalue weighted by Gasteiger charge is 2.34. The molecule has 1 N–H and O–H groups in total. The Bertz CT molecular complexity index is 1180. The second-order valence-corrected chi connectivity index (χ2v) is 9.44. The van der Waals surface area contributed by atoms with Crippen molar-refractivity contribution in [3.63, 3.8) is 0 Å². The lowest BCUT2D eigenvalue weighted by atomic mass is 9.89. The average molecular weight is 449 g/mol. The normalized spacial score (nSPS) is 17.7. The topological polar surface area (TPSA) is 62.5 Å². The maximum absolute atomic E-state index is 14.1. The molecule has 33 heavy (non-hydrogen) atoms. The number of benzene rings is 2. The zero-order valence-electron chi connectivity index (χ0n) is 18.7. The highest BCUT2D eigenvalue weighted by atomic mass is 19.1. The van der Waals surface area contributed by atoms with Crippen LogP contribution in [0.2, 0.25) is 0 Å². The Kier molecular flexibility index (Phi) is 5.92. The fraction of sp³-hybridized carbons (Fsp3) is 0.407. The number of hydrogen-bond donors (Lipinski definition) is 1. The molecule has 1 amide bonds. The van der Waals surface area contributed by atoms with Gasteiger partial charge < -0.3 is 14.6 Å². The molecule has 6 heteroatoms. The predicted molar refractivity (Wildman–Crippen MR) is 125 cm³/mol. The van der Waals surface area contributed by atoms with Gasteiger partial charge in [-0.25, -0.2) is 4.39 Å². The van der Waals surface area contributed by atoms with Crippen LogP contribution >= 0.6 is 0 Å². The number of carbonyl (C=O) groups excluding carboxylic acids is 1. The smallest absolute Gasteiger partial charge is 0.323 e. The first-order valence-corrected chi connectivity index (χ1v) is 11.8. The number of carbonyl (C=O) groups is 2. The van der Waals surface area contributed by atoms with Gasteiger partial charge >= 0.3 is 5.97 Å². The first-order valence-electron chi connectivity index (χ1n) is 11.8. The summed E-state index contributed by atoms with van der Waals surface area (Å²) in [5.41, 5.74) is 3.89. The van der Waals surface area contributed by atoms with Crippen molar-refractivity contribution < 1.29 is 19.1 Å². The molecule has 3 aromatic rings. The van der Waals surface area contributed by atoms with Crippen molar-refractivity contribution in [3.05, 3.63) is 71.2 Å². The molecule has 0 saturated heterocycles. The Morgan fingerprint density at radius 3 is 2.61 bits per heavy atom. The molecule has 5 nitrogen and oxygen atoms in total. The molecule has 1 atom stereocenters. The van der Waals surface area contributed by atoms with Gasteiger partial charge in [0.25, 0.3) is 0 Å². The summed E-state index contributed by atoms with van der Waals surface area (Å²) in [4.78, 5) is 26.9. The van der Waals surface area contributed by atoms with Crippen LogP contribution in [0.3, 0.4) is 0 Å². The number of aliphatic carboxylic acids is 1. The monoisotopic (exact) mass is 448 g/mol. The van der Waals surface area contributed by atoms with Crippen molar-refractivity contribution in [1.29, 1.82) is 0 Å². The van der Waals surface area contributed by atoms with E-state index in [-0.39, 0.29) is 24.3 Å². The van der Waals surface area contributed by atoms with Crippen LogP contribution in [-0.2, 0) is 35.4 Å². The highest BCUT2D eigenvalue weighted by molar-refractivity contribution is 5.87. The molecule has 2 aromatic carbocycles. The molecule has 5 rings (SSSR count). The van der Waals surface area contributed by atoms with E-state index in [9.17, 15) is 19.1 Å². The Morgan fingerprint density at radius 2 is 1.88 bits per heavy atom. The van der Waals surface area contributed by atoms with Gasteiger partial charge in [0.15, 0.2) is 0 Å². The summed E-state index contributed by atoms with van der Waals surface area (Å²) in [6.45, 7) is 0.652. The molecule has 1 heterocycles. The summed E-state index contributed by atoms with van der Waals surface area (Å²) in [5, 5.41) is 10.2. The van der Waals surface area contributed by atoms with E-state index in [1.807, 2.05) is 22.8 Å². The third-order valence-corrected chi connectivity index (χ3v) is 7.08. The van der Waals surface area contributed by atoms with E-state index in [1.165, 1.54) is 25.0 Å². The fourth-order valence-electron chi connectivity index (χ4n) is 5.26. The average Bonchev–Trinajstić information content (AvgIpc) is 3.59. The molecule has 0 spiro atoms. The lowest BCUT2D eigenvalue weighted by Crippen LogP contribution is -2.44. The minimum atomic E-state index is -0.910. The number of amides is 1. The van der Waals surface area contributed by atoms with E-state index in [4.69, 9.17) is 0 Å². The van der Waals surface area contributed by atoms with Crippen LogP contribution in [0.1, 0.15) is 42.5 Å². The zero-order valence-corrected chi connectivity index (χ0v) is 18.7. The van der Waals surface area contributed by atoms with Gasteiger partial charge in [-0.3, -0.25) is 9.59 Å². The minimum absolute atomic E-state index is 0.0634. The molecular weight excluding hydrogens is 419 g/mol. The van der Waals surface area contributed by atoms with E-state index in [0.29, 0.717) is 25.2 Å². The number of halogens is 1. The lowest BCUT2D eigenvalue weighted by Gasteiger charge is -2.35. The summed E-state index contributed by atoms with van der Waals surface area (Å²) in [5.74, 6) is -0.473. The van der Waals surface area contributed by atoms with Crippen molar-refractivity contribution in [2.45, 2.75) is 57.5 Å².